The quantitative estimate of drug-likeness (QED) is 0.283. The van der Waals surface area contributed by atoms with Crippen LogP contribution in [0.15, 0.2) is 29.4 Å². The fraction of sp³-hybridized carbons (Fsp3) is 0.429. The van der Waals surface area contributed by atoms with E-state index in [-0.39, 0.29) is 24.5 Å². The van der Waals surface area contributed by atoms with E-state index in [0.717, 1.165) is 0 Å². The van der Waals surface area contributed by atoms with Gasteiger partial charge in [0.1, 0.15) is 5.75 Å². The fourth-order valence-corrected chi connectivity index (χ4v) is 1.58. The molecular weight excluding hydrogens is 274 g/mol. The van der Waals surface area contributed by atoms with Crippen LogP contribution in [-0.4, -0.2) is 42.8 Å². The molecule has 0 aromatic heterocycles. The predicted molar refractivity (Wildman–Crippen MR) is 78.5 cm³/mol. The number of hydrogen-bond donors (Lipinski definition) is 3. The Morgan fingerprint density at radius 1 is 1.43 bits per heavy atom. The van der Waals surface area contributed by atoms with Gasteiger partial charge in [0.15, 0.2) is 12.4 Å². The molecule has 116 valence electrons. The van der Waals surface area contributed by atoms with Gasteiger partial charge < -0.3 is 25.7 Å². The van der Waals surface area contributed by atoms with E-state index in [1.807, 2.05) is 13.8 Å². The van der Waals surface area contributed by atoms with Crippen LogP contribution in [0.2, 0.25) is 0 Å². The van der Waals surface area contributed by atoms with Crippen molar-refractivity contribution >= 4 is 11.7 Å². The zero-order valence-corrected chi connectivity index (χ0v) is 12.2. The van der Waals surface area contributed by atoms with Gasteiger partial charge in [0, 0.05) is 18.7 Å². The van der Waals surface area contributed by atoms with Crippen molar-refractivity contribution in [3.05, 3.63) is 29.8 Å². The largest absolute Gasteiger partial charge is 0.484 e. The zero-order valence-electron chi connectivity index (χ0n) is 12.2. The highest BCUT2D eigenvalue weighted by Crippen LogP contribution is 2.11. The van der Waals surface area contributed by atoms with Crippen LogP contribution >= 0.6 is 0 Å². The average molecular weight is 295 g/mol. The summed E-state index contributed by atoms with van der Waals surface area (Å²) in [4.78, 5) is 11.6. The van der Waals surface area contributed by atoms with E-state index in [2.05, 4.69) is 10.5 Å². The summed E-state index contributed by atoms with van der Waals surface area (Å²) < 4.78 is 10.6. The molecule has 1 unspecified atom stereocenters. The molecule has 0 heterocycles. The van der Waals surface area contributed by atoms with Crippen LogP contribution in [0.3, 0.4) is 0 Å². The van der Waals surface area contributed by atoms with Crippen LogP contribution in [0.25, 0.3) is 0 Å². The van der Waals surface area contributed by atoms with Crippen molar-refractivity contribution in [2.75, 3.05) is 19.8 Å². The van der Waals surface area contributed by atoms with Crippen LogP contribution in [0, 0.1) is 0 Å². The van der Waals surface area contributed by atoms with E-state index in [1.54, 1.807) is 24.3 Å². The lowest BCUT2D eigenvalue weighted by Crippen LogP contribution is -2.35. The minimum atomic E-state index is -0.220. The summed E-state index contributed by atoms with van der Waals surface area (Å²) in [7, 11) is 0. The van der Waals surface area contributed by atoms with Gasteiger partial charge in [0.05, 0.1) is 6.10 Å². The van der Waals surface area contributed by atoms with Crippen LogP contribution in [0.5, 0.6) is 5.75 Å². The number of nitrogens with zero attached hydrogens (tertiary/aromatic N) is 1. The van der Waals surface area contributed by atoms with Gasteiger partial charge in [0.2, 0.25) is 0 Å². The Bertz CT molecular complexity index is 474. The summed E-state index contributed by atoms with van der Waals surface area (Å²) in [6.45, 7) is 4.76. The second-order valence-corrected chi connectivity index (χ2v) is 4.37. The van der Waals surface area contributed by atoms with Crippen molar-refractivity contribution in [3.63, 3.8) is 0 Å². The highest BCUT2D eigenvalue weighted by molar-refractivity contribution is 5.97. The zero-order chi connectivity index (χ0) is 15.7. The van der Waals surface area contributed by atoms with Crippen LogP contribution in [0.1, 0.15) is 19.4 Å². The van der Waals surface area contributed by atoms with Gasteiger partial charge >= 0.3 is 0 Å². The first-order chi connectivity index (χ1) is 10.1. The molecule has 1 rings (SSSR count). The van der Waals surface area contributed by atoms with Gasteiger partial charge in [0.25, 0.3) is 5.91 Å². The number of nitrogens with two attached hydrogens (primary N) is 1. The van der Waals surface area contributed by atoms with Crippen LogP contribution in [0.4, 0.5) is 0 Å². The van der Waals surface area contributed by atoms with E-state index in [1.165, 1.54) is 0 Å². The maximum atomic E-state index is 11.6. The number of ether oxygens (including phenoxy) is 2. The summed E-state index contributed by atoms with van der Waals surface area (Å²) in [5.41, 5.74) is 6.01. The van der Waals surface area contributed by atoms with E-state index < -0.39 is 0 Å². The number of oxime groups is 1. The molecule has 0 saturated heterocycles. The van der Waals surface area contributed by atoms with Crippen LogP contribution < -0.4 is 15.8 Å². The predicted octanol–water partition coefficient (Wildman–Crippen LogP) is 0.701. The second-order valence-electron chi connectivity index (χ2n) is 4.37. The number of rotatable bonds is 8. The average Bonchev–Trinajstić information content (AvgIpc) is 2.51. The van der Waals surface area contributed by atoms with Gasteiger partial charge in [-0.1, -0.05) is 5.16 Å². The lowest BCUT2D eigenvalue weighted by molar-refractivity contribution is -0.123. The number of nitrogens with one attached hydrogen (secondary N) is 1. The Balaban J connectivity index is 2.36. The molecule has 0 spiro atoms. The van der Waals surface area contributed by atoms with E-state index in [0.29, 0.717) is 24.5 Å². The maximum absolute atomic E-state index is 11.6. The standard InChI is InChI=1S/C14H21N3O4/c1-3-20-10(2)8-16-13(18)9-21-12-6-4-11(5-7-12)14(15)17-19/h4-7,10,19H,3,8-9H2,1-2H3,(H2,15,17)(H,16,18). The van der Waals surface area contributed by atoms with Gasteiger partial charge in [-0.15, -0.1) is 0 Å². The summed E-state index contributed by atoms with van der Waals surface area (Å²) in [6.07, 6.45) is -0.0287. The molecule has 0 aliphatic rings. The first-order valence-corrected chi connectivity index (χ1v) is 6.65. The molecule has 0 bridgehead atoms. The Labute approximate surface area is 123 Å². The number of benzene rings is 1. The molecule has 1 aromatic carbocycles. The molecule has 7 nitrogen and oxygen atoms in total. The molecule has 0 radical (unpaired) electrons. The van der Waals surface area contributed by atoms with Crippen molar-refractivity contribution in [2.45, 2.75) is 20.0 Å². The van der Waals surface area contributed by atoms with Crippen molar-refractivity contribution in [1.29, 1.82) is 0 Å². The molecule has 4 N–H and O–H groups in total. The molecule has 1 amide bonds. The third-order valence-corrected chi connectivity index (χ3v) is 2.67. The Morgan fingerprint density at radius 3 is 2.67 bits per heavy atom. The molecule has 1 atom stereocenters. The van der Waals surface area contributed by atoms with Gasteiger partial charge in [-0.3, -0.25) is 4.79 Å². The lowest BCUT2D eigenvalue weighted by atomic mass is 10.2. The highest BCUT2D eigenvalue weighted by atomic mass is 16.5. The summed E-state index contributed by atoms with van der Waals surface area (Å²) >= 11 is 0. The molecule has 0 saturated carbocycles. The van der Waals surface area contributed by atoms with Crippen LogP contribution in [-0.2, 0) is 9.53 Å². The number of amides is 1. The van der Waals surface area contributed by atoms with Gasteiger partial charge in [-0.2, -0.15) is 0 Å². The lowest BCUT2D eigenvalue weighted by Gasteiger charge is -2.13. The number of hydrogen-bond acceptors (Lipinski definition) is 5. The first kappa shape index (κ1) is 16.8. The Morgan fingerprint density at radius 2 is 2.10 bits per heavy atom. The van der Waals surface area contributed by atoms with Crippen molar-refractivity contribution in [1.82, 2.24) is 5.32 Å². The van der Waals surface area contributed by atoms with Gasteiger partial charge in [-0.25, -0.2) is 0 Å². The minimum Gasteiger partial charge on any atom is -0.484 e. The summed E-state index contributed by atoms with van der Waals surface area (Å²) in [5.74, 6) is 0.323. The normalized spacial score (nSPS) is 12.8. The Hall–Kier alpha value is -2.28. The topological polar surface area (TPSA) is 106 Å². The molecule has 1 aromatic rings. The molecule has 0 fully saturated rings. The maximum Gasteiger partial charge on any atom is 0.258 e. The summed E-state index contributed by atoms with van der Waals surface area (Å²) in [5, 5.41) is 14.2. The number of carbonyl (C=O) groups excluding carboxylic acids is 1. The fourth-order valence-electron chi connectivity index (χ4n) is 1.58. The molecular formula is C14H21N3O4. The minimum absolute atomic E-state index is 0.0178. The van der Waals surface area contributed by atoms with E-state index in [9.17, 15) is 4.79 Å². The molecule has 0 aliphatic heterocycles. The smallest absolute Gasteiger partial charge is 0.258 e. The van der Waals surface area contributed by atoms with Crippen molar-refractivity contribution in [3.8, 4) is 5.75 Å². The van der Waals surface area contributed by atoms with E-state index >= 15 is 0 Å². The van der Waals surface area contributed by atoms with E-state index in [4.69, 9.17) is 20.4 Å². The molecule has 21 heavy (non-hydrogen) atoms. The molecule has 0 aliphatic carbocycles. The summed E-state index contributed by atoms with van der Waals surface area (Å²) in [6, 6.07) is 6.56. The van der Waals surface area contributed by atoms with Gasteiger partial charge in [-0.05, 0) is 38.1 Å². The number of carbonyl (C=O) groups is 1. The SMILES string of the molecule is CCOC(C)CNC(=O)COc1ccc(/C(N)=N/O)cc1. The third kappa shape index (κ3) is 6.13. The third-order valence-electron chi connectivity index (χ3n) is 2.67. The van der Waals surface area contributed by atoms with Crippen molar-refractivity contribution < 1.29 is 19.5 Å². The Kier molecular flexibility index (Phi) is 7.03. The first-order valence-electron chi connectivity index (χ1n) is 6.65. The number of amidine groups is 1. The monoisotopic (exact) mass is 295 g/mol. The molecule has 7 heteroatoms. The van der Waals surface area contributed by atoms with Crippen molar-refractivity contribution in [2.24, 2.45) is 10.9 Å². The second kappa shape index (κ2) is 8.80. The highest BCUT2D eigenvalue weighted by Gasteiger charge is 2.06.